The molecule has 1 aromatic carbocycles. The van der Waals surface area contributed by atoms with Crippen LogP contribution < -0.4 is 4.90 Å². The van der Waals surface area contributed by atoms with E-state index in [9.17, 15) is 5.11 Å². The number of aliphatic hydroxyl groups is 1. The summed E-state index contributed by atoms with van der Waals surface area (Å²) in [6.07, 6.45) is 2.30. The molecule has 3 nitrogen and oxygen atoms in total. The van der Waals surface area contributed by atoms with E-state index in [1.807, 2.05) is 13.8 Å². The number of rotatable bonds is 5. The second-order valence-electron chi connectivity index (χ2n) is 7.56. The quantitative estimate of drug-likeness (QED) is 0.897. The Labute approximate surface area is 135 Å². The summed E-state index contributed by atoms with van der Waals surface area (Å²) in [6.45, 7) is 13.9. The molecule has 0 amide bonds. The summed E-state index contributed by atoms with van der Waals surface area (Å²) in [7, 11) is 0. The number of anilines is 1. The van der Waals surface area contributed by atoms with Gasteiger partial charge in [0.1, 0.15) is 0 Å². The van der Waals surface area contributed by atoms with Crippen molar-refractivity contribution in [2.45, 2.75) is 58.5 Å². The Balaban J connectivity index is 2.44. The largest absolute Gasteiger partial charge is 0.386 e. The molecule has 1 fully saturated rings. The number of morpholine rings is 1. The average molecular weight is 305 g/mol. The average Bonchev–Trinajstić information content (AvgIpc) is 2.47. The zero-order valence-electron chi connectivity index (χ0n) is 14.8. The van der Waals surface area contributed by atoms with Gasteiger partial charge in [0.15, 0.2) is 0 Å². The van der Waals surface area contributed by atoms with Gasteiger partial charge in [0.2, 0.25) is 0 Å². The fraction of sp³-hybridized carbons (Fsp3) is 0.684. The molecule has 22 heavy (non-hydrogen) atoms. The third kappa shape index (κ3) is 4.02. The van der Waals surface area contributed by atoms with Crippen LogP contribution in [0.4, 0.5) is 5.69 Å². The Kier molecular flexibility index (Phi) is 5.18. The number of hydrogen-bond acceptors (Lipinski definition) is 3. The summed E-state index contributed by atoms with van der Waals surface area (Å²) in [4.78, 5) is 2.37. The molecule has 2 rings (SSSR count). The van der Waals surface area contributed by atoms with Crippen LogP contribution in [0.15, 0.2) is 18.2 Å². The van der Waals surface area contributed by atoms with Crippen LogP contribution in [0.25, 0.3) is 0 Å². The van der Waals surface area contributed by atoms with Gasteiger partial charge in [-0.2, -0.15) is 0 Å². The van der Waals surface area contributed by atoms with Crippen LogP contribution in [0.3, 0.4) is 0 Å². The molecule has 0 aromatic heterocycles. The van der Waals surface area contributed by atoms with Gasteiger partial charge in [0.25, 0.3) is 0 Å². The molecule has 124 valence electrons. The normalized spacial score (nSPS) is 16.9. The van der Waals surface area contributed by atoms with E-state index >= 15 is 0 Å². The molecule has 3 heteroatoms. The van der Waals surface area contributed by atoms with Crippen molar-refractivity contribution in [1.29, 1.82) is 0 Å². The van der Waals surface area contributed by atoms with Gasteiger partial charge in [0.05, 0.1) is 18.8 Å². The lowest BCUT2D eigenvalue weighted by molar-refractivity contribution is 0.0784. The maximum atomic E-state index is 10.5. The minimum Gasteiger partial charge on any atom is -0.386 e. The third-order valence-electron chi connectivity index (χ3n) is 4.66. The zero-order chi connectivity index (χ0) is 16.4. The molecule has 1 aliphatic rings. The number of hydrogen-bond donors (Lipinski definition) is 1. The fourth-order valence-corrected chi connectivity index (χ4v) is 3.13. The van der Waals surface area contributed by atoms with Gasteiger partial charge >= 0.3 is 0 Å². The van der Waals surface area contributed by atoms with Crippen molar-refractivity contribution in [1.82, 2.24) is 0 Å². The van der Waals surface area contributed by atoms with Crippen LogP contribution in [0, 0.1) is 0 Å². The van der Waals surface area contributed by atoms with E-state index in [1.54, 1.807) is 0 Å². The lowest BCUT2D eigenvalue weighted by Crippen LogP contribution is -2.36. The Morgan fingerprint density at radius 2 is 1.64 bits per heavy atom. The summed E-state index contributed by atoms with van der Waals surface area (Å²) in [5.41, 5.74) is 2.82. The number of benzene rings is 1. The van der Waals surface area contributed by atoms with Gasteiger partial charge in [-0.3, -0.25) is 0 Å². The van der Waals surface area contributed by atoms with Crippen LogP contribution in [-0.4, -0.2) is 31.4 Å². The van der Waals surface area contributed by atoms with Crippen molar-refractivity contribution in [3.05, 3.63) is 29.3 Å². The molecule has 0 bridgehead atoms. The molecular weight excluding hydrogens is 274 g/mol. The first kappa shape index (κ1) is 17.3. The molecule has 0 unspecified atom stereocenters. The van der Waals surface area contributed by atoms with Crippen LogP contribution in [0.1, 0.15) is 58.6 Å². The standard InChI is InChI=1S/C19H31NO2/c1-6-7-18(2,3)15-12-16(19(4,5)21)14-17(13-15)20-8-10-22-11-9-20/h12-14,21H,6-11H2,1-5H3. The van der Waals surface area contributed by atoms with E-state index in [4.69, 9.17) is 4.74 Å². The molecule has 0 saturated carbocycles. The predicted molar refractivity (Wildman–Crippen MR) is 92.7 cm³/mol. The minimum atomic E-state index is -0.820. The van der Waals surface area contributed by atoms with E-state index in [-0.39, 0.29) is 5.41 Å². The van der Waals surface area contributed by atoms with Gasteiger partial charge in [-0.15, -0.1) is 0 Å². The lowest BCUT2D eigenvalue weighted by atomic mass is 9.78. The molecule has 0 spiro atoms. The van der Waals surface area contributed by atoms with Crippen molar-refractivity contribution in [3.8, 4) is 0 Å². The Hall–Kier alpha value is -1.06. The van der Waals surface area contributed by atoms with Crippen LogP contribution in [0.5, 0.6) is 0 Å². The maximum absolute atomic E-state index is 10.5. The van der Waals surface area contributed by atoms with E-state index in [1.165, 1.54) is 11.3 Å². The van der Waals surface area contributed by atoms with Crippen LogP contribution in [0.2, 0.25) is 0 Å². The molecular formula is C19H31NO2. The predicted octanol–water partition coefficient (Wildman–Crippen LogP) is 3.83. The molecule has 1 aromatic rings. The Morgan fingerprint density at radius 3 is 2.18 bits per heavy atom. The van der Waals surface area contributed by atoms with Crippen molar-refractivity contribution >= 4 is 5.69 Å². The molecule has 0 radical (unpaired) electrons. The molecule has 0 atom stereocenters. The van der Waals surface area contributed by atoms with Gasteiger partial charge < -0.3 is 14.7 Å². The maximum Gasteiger partial charge on any atom is 0.0841 e. The van der Waals surface area contributed by atoms with E-state index in [0.29, 0.717) is 0 Å². The molecule has 1 saturated heterocycles. The van der Waals surface area contributed by atoms with Crippen molar-refractivity contribution in [2.24, 2.45) is 0 Å². The summed E-state index contributed by atoms with van der Waals surface area (Å²) in [5, 5.41) is 10.5. The van der Waals surface area contributed by atoms with Gasteiger partial charge in [-0.25, -0.2) is 0 Å². The molecule has 1 heterocycles. The minimum absolute atomic E-state index is 0.122. The van der Waals surface area contributed by atoms with E-state index in [0.717, 1.165) is 44.7 Å². The lowest BCUT2D eigenvalue weighted by Gasteiger charge is -2.33. The molecule has 1 N–H and O–H groups in total. The summed E-state index contributed by atoms with van der Waals surface area (Å²) < 4.78 is 5.46. The number of ether oxygens (including phenoxy) is 1. The zero-order valence-corrected chi connectivity index (χ0v) is 14.8. The van der Waals surface area contributed by atoms with E-state index < -0.39 is 5.60 Å². The highest BCUT2D eigenvalue weighted by molar-refractivity contribution is 5.54. The summed E-state index contributed by atoms with van der Waals surface area (Å²) in [5.74, 6) is 0. The highest BCUT2D eigenvalue weighted by atomic mass is 16.5. The van der Waals surface area contributed by atoms with Crippen molar-refractivity contribution in [3.63, 3.8) is 0 Å². The first-order valence-corrected chi connectivity index (χ1v) is 8.45. The van der Waals surface area contributed by atoms with Crippen molar-refractivity contribution in [2.75, 3.05) is 31.2 Å². The second-order valence-corrected chi connectivity index (χ2v) is 7.56. The first-order chi connectivity index (χ1) is 10.2. The SMILES string of the molecule is CCCC(C)(C)c1cc(N2CCOCC2)cc(C(C)(C)O)c1. The summed E-state index contributed by atoms with van der Waals surface area (Å²) >= 11 is 0. The van der Waals surface area contributed by atoms with Crippen LogP contribution in [-0.2, 0) is 15.8 Å². The monoisotopic (exact) mass is 305 g/mol. The van der Waals surface area contributed by atoms with Crippen LogP contribution >= 0.6 is 0 Å². The Bertz CT molecular complexity index is 497. The van der Waals surface area contributed by atoms with Crippen molar-refractivity contribution < 1.29 is 9.84 Å². The number of nitrogens with zero attached hydrogens (tertiary/aromatic N) is 1. The Morgan fingerprint density at radius 1 is 1.05 bits per heavy atom. The highest BCUT2D eigenvalue weighted by Gasteiger charge is 2.25. The van der Waals surface area contributed by atoms with Gasteiger partial charge in [0, 0.05) is 18.8 Å². The third-order valence-corrected chi connectivity index (χ3v) is 4.66. The summed E-state index contributed by atoms with van der Waals surface area (Å²) in [6, 6.07) is 6.62. The topological polar surface area (TPSA) is 32.7 Å². The fourth-order valence-electron chi connectivity index (χ4n) is 3.13. The van der Waals surface area contributed by atoms with Gasteiger partial charge in [-0.05, 0) is 48.9 Å². The smallest absolute Gasteiger partial charge is 0.0841 e. The van der Waals surface area contributed by atoms with Gasteiger partial charge in [-0.1, -0.05) is 33.3 Å². The van der Waals surface area contributed by atoms with E-state index in [2.05, 4.69) is 43.9 Å². The first-order valence-electron chi connectivity index (χ1n) is 8.45. The molecule has 0 aliphatic carbocycles. The second kappa shape index (κ2) is 6.59. The molecule has 1 aliphatic heterocycles. The highest BCUT2D eigenvalue weighted by Crippen LogP contribution is 2.35.